The Bertz CT molecular complexity index is 283. The van der Waals surface area contributed by atoms with Gasteiger partial charge in [0.25, 0.3) is 0 Å². The maximum Gasteiger partial charge on any atom is 0.303 e. The highest BCUT2D eigenvalue weighted by Crippen LogP contribution is 2.26. The van der Waals surface area contributed by atoms with Gasteiger partial charge in [0, 0.05) is 24.9 Å². The summed E-state index contributed by atoms with van der Waals surface area (Å²) in [6.45, 7) is 4.13. The van der Waals surface area contributed by atoms with Crippen molar-refractivity contribution in [2.75, 3.05) is 0 Å². The van der Waals surface area contributed by atoms with Gasteiger partial charge in [-0.3, -0.25) is 9.59 Å². The van der Waals surface area contributed by atoms with Crippen molar-refractivity contribution in [2.45, 2.75) is 77.3 Å². The van der Waals surface area contributed by atoms with Gasteiger partial charge in [-0.1, -0.05) is 12.8 Å². The van der Waals surface area contributed by atoms with Crippen molar-refractivity contribution in [2.24, 2.45) is 0 Å². The fraction of sp³-hybridized carbons (Fsp3) is 0.857. The predicted molar refractivity (Wildman–Crippen MR) is 70.3 cm³/mol. The minimum Gasteiger partial charge on any atom is -0.481 e. The number of hydrogen-bond acceptors (Lipinski definition) is 2. The van der Waals surface area contributed by atoms with Crippen LogP contribution in [0.3, 0.4) is 0 Å². The summed E-state index contributed by atoms with van der Waals surface area (Å²) < 4.78 is 0. The zero-order chi connectivity index (χ0) is 13.5. The molecule has 1 amide bonds. The summed E-state index contributed by atoms with van der Waals surface area (Å²) in [4.78, 5) is 24.6. The van der Waals surface area contributed by atoms with Crippen LogP contribution in [0.4, 0.5) is 0 Å². The number of aliphatic carboxylic acids is 1. The Morgan fingerprint density at radius 3 is 2.22 bits per heavy atom. The Morgan fingerprint density at radius 2 is 1.72 bits per heavy atom. The van der Waals surface area contributed by atoms with Crippen LogP contribution >= 0.6 is 0 Å². The Kier molecular flexibility index (Phi) is 6.16. The number of amides is 1. The normalized spacial score (nSPS) is 16.2. The molecule has 0 spiro atoms. The van der Waals surface area contributed by atoms with E-state index in [2.05, 4.69) is 13.8 Å². The first-order valence-corrected chi connectivity index (χ1v) is 7.05. The minimum atomic E-state index is -0.779. The molecule has 1 aliphatic rings. The van der Waals surface area contributed by atoms with E-state index in [0.29, 0.717) is 25.3 Å². The van der Waals surface area contributed by atoms with E-state index in [9.17, 15) is 9.59 Å². The molecule has 0 aromatic rings. The number of carboxylic acids is 1. The lowest BCUT2D eigenvalue weighted by Gasteiger charge is -2.33. The maximum atomic E-state index is 12.2. The number of unbranched alkanes of at least 4 members (excludes halogenated alkanes) is 1. The van der Waals surface area contributed by atoms with E-state index in [1.165, 1.54) is 12.8 Å². The molecule has 0 unspecified atom stereocenters. The van der Waals surface area contributed by atoms with Crippen LogP contribution in [-0.4, -0.2) is 34.0 Å². The molecule has 1 rings (SSSR count). The highest BCUT2D eigenvalue weighted by atomic mass is 16.4. The molecular weight excluding hydrogens is 230 g/mol. The van der Waals surface area contributed by atoms with Crippen LogP contribution in [0.2, 0.25) is 0 Å². The second kappa shape index (κ2) is 7.39. The van der Waals surface area contributed by atoms with Crippen molar-refractivity contribution >= 4 is 11.9 Å². The molecule has 1 fully saturated rings. The Balaban J connectivity index is 2.37. The molecule has 104 valence electrons. The number of nitrogens with zero attached hydrogens (tertiary/aromatic N) is 1. The van der Waals surface area contributed by atoms with Crippen LogP contribution in [0.1, 0.15) is 65.2 Å². The van der Waals surface area contributed by atoms with Crippen molar-refractivity contribution < 1.29 is 14.7 Å². The lowest BCUT2D eigenvalue weighted by Crippen LogP contribution is -2.43. The van der Waals surface area contributed by atoms with Crippen molar-refractivity contribution in [3.8, 4) is 0 Å². The molecule has 1 saturated carbocycles. The molecule has 18 heavy (non-hydrogen) atoms. The number of rotatable bonds is 7. The molecule has 0 aromatic carbocycles. The van der Waals surface area contributed by atoms with Gasteiger partial charge in [-0.05, 0) is 39.5 Å². The molecular formula is C14H25NO3. The quantitative estimate of drug-likeness (QED) is 0.712. The van der Waals surface area contributed by atoms with Gasteiger partial charge in [-0.2, -0.15) is 0 Å². The number of hydrogen-bond donors (Lipinski definition) is 1. The van der Waals surface area contributed by atoms with E-state index in [4.69, 9.17) is 5.11 Å². The van der Waals surface area contributed by atoms with Crippen LogP contribution in [0.15, 0.2) is 0 Å². The fourth-order valence-corrected chi connectivity index (χ4v) is 2.78. The van der Waals surface area contributed by atoms with Gasteiger partial charge in [-0.25, -0.2) is 0 Å². The van der Waals surface area contributed by atoms with E-state index in [1.54, 1.807) is 0 Å². The molecule has 0 aromatic heterocycles. The Hall–Kier alpha value is -1.06. The van der Waals surface area contributed by atoms with Gasteiger partial charge in [0.15, 0.2) is 0 Å². The van der Waals surface area contributed by atoms with Crippen molar-refractivity contribution in [1.29, 1.82) is 0 Å². The predicted octanol–water partition coefficient (Wildman–Crippen LogP) is 2.81. The molecule has 0 radical (unpaired) electrons. The summed E-state index contributed by atoms with van der Waals surface area (Å²) in [6.07, 6.45) is 6.62. The van der Waals surface area contributed by atoms with E-state index in [0.717, 1.165) is 12.8 Å². The molecule has 1 aliphatic carbocycles. The summed E-state index contributed by atoms with van der Waals surface area (Å²) in [5.74, 6) is -0.582. The highest BCUT2D eigenvalue weighted by Gasteiger charge is 2.27. The minimum absolute atomic E-state index is 0.165. The van der Waals surface area contributed by atoms with Gasteiger partial charge in [-0.15, -0.1) is 0 Å². The Morgan fingerprint density at radius 1 is 1.17 bits per heavy atom. The third kappa shape index (κ3) is 4.67. The van der Waals surface area contributed by atoms with Gasteiger partial charge in [0.2, 0.25) is 5.91 Å². The van der Waals surface area contributed by atoms with E-state index in [1.807, 2.05) is 4.90 Å². The maximum absolute atomic E-state index is 12.2. The first-order chi connectivity index (χ1) is 8.52. The topological polar surface area (TPSA) is 57.6 Å². The van der Waals surface area contributed by atoms with Gasteiger partial charge in [0.05, 0.1) is 0 Å². The van der Waals surface area contributed by atoms with Crippen LogP contribution in [-0.2, 0) is 9.59 Å². The molecule has 1 N–H and O–H groups in total. The summed E-state index contributed by atoms with van der Waals surface area (Å²) >= 11 is 0. The van der Waals surface area contributed by atoms with Crippen LogP contribution < -0.4 is 0 Å². The third-order valence-electron chi connectivity index (χ3n) is 3.59. The van der Waals surface area contributed by atoms with Crippen LogP contribution in [0.5, 0.6) is 0 Å². The molecule has 0 saturated heterocycles. The number of carbonyl (C=O) groups excluding carboxylic acids is 1. The van der Waals surface area contributed by atoms with E-state index in [-0.39, 0.29) is 18.4 Å². The van der Waals surface area contributed by atoms with E-state index < -0.39 is 5.97 Å². The lowest BCUT2D eigenvalue weighted by atomic mass is 10.1. The first-order valence-electron chi connectivity index (χ1n) is 7.05. The van der Waals surface area contributed by atoms with Gasteiger partial charge in [0.1, 0.15) is 0 Å². The SMILES string of the molecule is CC(C)N(C(=O)CCCCC(=O)O)C1CCCC1. The smallest absolute Gasteiger partial charge is 0.303 e. The fourth-order valence-electron chi connectivity index (χ4n) is 2.78. The summed E-state index contributed by atoms with van der Waals surface area (Å²) in [5, 5.41) is 8.55. The average molecular weight is 255 g/mol. The Labute approximate surface area is 109 Å². The van der Waals surface area contributed by atoms with Crippen molar-refractivity contribution in [1.82, 2.24) is 4.90 Å². The summed E-state index contributed by atoms with van der Waals surface area (Å²) in [6, 6.07) is 0.664. The molecule has 4 heteroatoms. The molecule has 4 nitrogen and oxygen atoms in total. The second-order valence-corrected chi connectivity index (χ2v) is 5.43. The zero-order valence-corrected chi connectivity index (χ0v) is 11.5. The van der Waals surface area contributed by atoms with E-state index >= 15 is 0 Å². The second-order valence-electron chi connectivity index (χ2n) is 5.43. The molecule has 0 bridgehead atoms. The largest absolute Gasteiger partial charge is 0.481 e. The monoisotopic (exact) mass is 255 g/mol. The number of carbonyl (C=O) groups is 2. The van der Waals surface area contributed by atoms with Crippen LogP contribution in [0, 0.1) is 0 Å². The van der Waals surface area contributed by atoms with Gasteiger partial charge >= 0.3 is 5.97 Å². The van der Waals surface area contributed by atoms with Crippen molar-refractivity contribution in [3.63, 3.8) is 0 Å². The van der Waals surface area contributed by atoms with Gasteiger partial charge < -0.3 is 10.0 Å². The molecule has 0 aliphatic heterocycles. The third-order valence-corrected chi connectivity index (χ3v) is 3.59. The summed E-state index contributed by atoms with van der Waals surface area (Å²) in [7, 11) is 0. The molecule has 0 atom stereocenters. The highest BCUT2D eigenvalue weighted by molar-refractivity contribution is 5.77. The standard InChI is InChI=1S/C14H25NO3/c1-11(2)15(12-7-3-4-8-12)13(16)9-5-6-10-14(17)18/h11-12H,3-10H2,1-2H3,(H,17,18). The number of carboxylic acid groups (broad SMARTS) is 1. The first kappa shape index (κ1) is 15.0. The molecule has 0 heterocycles. The summed E-state index contributed by atoms with van der Waals surface area (Å²) in [5.41, 5.74) is 0. The average Bonchev–Trinajstić information content (AvgIpc) is 2.77. The van der Waals surface area contributed by atoms with Crippen LogP contribution in [0.25, 0.3) is 0 Å². The zero-order valence-electron chi connectivity index (χ0n) is 11.5. The van der Waals surface area contributed by atoms with Crippen molar-refractivity contribution in [3.05, 3.63) is 0 Å². The lowest BCUT2D eigenvalue weighted by molar-refractivity contribution is -0.138.